The van der Waals surface area contributed by atoms with E-state index in [0.29, 0.717) is 25.2 Å². The van der Waals surface area contributed by atoms with Gasteiger partial charge in [-0.15, -0.1) is 0 Å². The van der Waals surface area contributed by atoms with E-state index in [2.05, 4.69) is 5.10 Å². The molecule has 0 bridgehead atoms. The van der Waals surface area contributed by atoms with Crippen LogP contribution < -0.4 is 0 Å². The van der Waals surface area contributed by atoms with Crippen LogP contribution >= 0.6 is 0 Å². The number of sulfonamides is 1. The van der Waals surface area contributed by atoms with Crippen molar-refractivity contribution < 1.29 is 13.2 Å². The lowest BCUT2D eigenvalue weighted by Crippen LogP contribution is -2.50. The highest BCUT2D eigenvalue weighted by Crippen LogP contribution is 2.21. The number of rotatable bonds is 5. The largest absolute Gasteiger partial charge is 0.336 e. The Bertz CT molecular complexity index is 1310. The second kappa shape index (κ2) is 9.17. The quantitative estimate of drug-likeness (QED) is 0.579. The highest BCUT2D eigenvalue weighted by atomic mass is 32.2. The number of hydrogen-bond acceptors (Lipinski definition) is 5. The summed E-state index contributed by atoms with van der Waals surface area (Å²) in [5, 5.41) is 13.7. The van der Waals surface area contributed by atoms with Gasteiger partial charge in [-0.2, -0.15) is 14.7 Å². The van der Waals surface area contributed by atoms with Gasteiger partial charge >= 0.3 is 0 Å². The van der Waals surface area contributed by atoms with E-state index in [4.69, 9.17) is 0 Å². The molecule has 1 aliphatic rings. The van der Waals surface area contributed by atoms with Gasteiger partial charge in [0.15, 0.2) is 0 Å². The molecule has 8 nitrogen and oxygen atoms in total. The Labute approximate surface area is 193 Å². The molecule has 9 heteroatoms. The molecule has 4 rings (SSSR count). The van der Waals surface area contributed by atoms with Crippen LogP contribution in [-0.4, -0.2) is 59.5 Å². The van der Waals surface area contributed by atoms with Gasteiger partial charge < -0.3 is 4.90 Å². The van der Waals surface area contributed by atoms with Crippen molar-refractivity contribution in [2.24, 2.45) is 0 Å². The maximum Gasteiger partial charge on any atom is 0.253 e. The average Bonchev–Trinajstić information content (AvgIpc) is 3.15. The molecule has 0 aliphatic carbocycles. The lowest BCUT2D eigenvalue weighted by Gasteiger charge is -2.34. The van der Waals surface area contributed by atoms with Crippen molar-refractivity contribution in [3.8, 4) is 6.07 Å². The molecule has 1 amide bonds. The van der Waals surface area contributed by atoms with Crippen molar-refractivity contribution >= 4 is 15.9 Å². The fourth-order valence-corrected chi connectivity index (χ4v) is 5.56. The highest BCUT2D eigenvalue weighted by molar-refractivity contribution is 7.89. The molecular formula is C24H25N5O3S. The summed E-state index contributed by atoms with van der Waals surface area (Å²) < 4.78 is 29.2. The van der Waals surface area contributed by atoms with Gasteiger partial charge in [-0.1, -0.05) is 24.3 Å². The molecule has 1 saturated heterocycles. The van der Waals surface area contributed by atoms with E-state index in [-0.39, 0.29) is 29.5 Å². The number of amides is 1. The van der Waals surface area contributed by atoms with Gasteiger partial charge in [-0.25, -0.2) is 8.42 Å². The summed E-state index contributed by atoms with van der Waals surface area (Å²) >= 11 is 0. The molecular weight excluding hydrogens is 438 g/mol. The molecule has 3 aromatic rings. The Morgan fingerprint density at radius 2 is 1.70 bits per heavy atom. The summed E-state index contributed by atoms with van der Waals surface area (Å²) in [5.41, 5.74) is 3.79. The summed E-state index contributed by atoms with van der Waals surface area (Å²) in [6.45, 7) is 5.55. The van der Waals surface area contributed by atoms with E-state index in [9.17, 15) is 18.5 Å². The Morgan fingerprint density at radius 1 is 1.03 bits per heavy atom. The van der Waals surface area contributed by atoms with Crippen LogP contribution in [0, 0.1) is 25.2 Å². The number of aryl methyl sites for hydroxylation is 2. The number of benzene rings is 2. The lowest BCUT2D eigenvalue weighted by molar-refractivity contribution is 0.0698. The van der Waals surface area contributed by atoms with Crippen molar-refractivity contribution in [1.29, 1.82) is 5.26 Å². The van der Waals surface area contributed by atoms with Crippen LogP contribution in [0.15, 0.2) is 59.5 Å². The van der Waals surface area contributed by atoms with Gasteiger partial charge in [0.1, 0.15) is 6.07 Å². The summed E-state index contributed by atoms with van der Waals surface area (Å²) in [4.78, 5) is 14.6. The molecule has 1 aromatic heterocycles. The number of aromatic nitrogens is 2. The molecule has 2 heterocycles. The van der Waals surface area contributed by atoms with Crippen LogP contribution in [0.3, 0.4) is 0 Å². The molecule has 0 saturated carbocycles. The summed E-state index contributed by atoms with van der Waals surface area (Å²) in [5.74, 6) is -0.123. The molecule has 1 fully saturated rings. The zero-order valence-electron chi connectivity index (χ0n) is 18.6. The molecule has 170 valence electrons. The predicted molar refractivity (Wildman–Crippen MR) is 123 cm³/mol. The molecule has 0 unspecified atom stereocenters. The van der Waals surface area contributed by atoms with Crippen molar-refractivity contribution in [3.63, 3.8) is 0 Å². The van der Waals surface area contributed by atoms with Gasteiger partial charge in [0.2, 0.25) is 10.0 Å². The smallest absolute Gasteiger partial charge is 0.253 e. The van der Waals surface area contributed by atoms with Crippen LogP contribution in [0.25, 0.3) is 0 Å². The highest BCUT2D eigenvalue weighted by Gasteiger charge is 2.31. The molecule has 0 N–H and O–H groups in total. The number of nitriles is 1. The number of hydrogen-bond donors (Lipinski definition) is 0. The average molecular weight is 464 g/mol. The summed E-state index contributed by atoms with van der Waals surface area (Å²) in [6, 6.07) is 17.6. The van der Waals surface area contributed by atoms with Crippen molar-refractivity contribution in [2.75, 3.05) is 26.2 Å². The van der Waals surface area contributed by atoms with E-state index >= 15 is 0 Å². The van der Waals surface area contributed by atoms with Crippen LogP contribution in [0.4, 0.5) is 0 Å². The molecule has 1 aliphatic heterocycles. The maximum atomic E-state index is 13.0. The SMILES string of the molecule is Cc1cc(C)n(Cc2ccc(C(=O)N3CCN(S(=O)(=O)c4ccccc4C#N)CC3)cc2)n1. The third kappa shape index (κ3) is 4.67. The van der Waals surface area contributed by atoms with Crippen molar-refractivity contribution in [3.05, 3.63) is 82.7 Å². The maximum absolute atomic E-state index is 13.0. The standard InChI is InChI=1S/C24H25N5O3S/c1-18-15-19(2)29(26-18)17-20-7-9-21(10-8-20)24(30)27-11-13-28(14-12-27)33(31,32)23-6-4-3-5-22(23)16-25/h3-10,15H,11-14,17H2,1-2H3. The first-order chi connectivity index (χ1) is 15.8. The van der Waals surface area contributed by atoms with Crippen LogP contribution in [0.1, 0.15) is 32.9 Å². The first-order valence-electron chi connectivity index (χ1n) is 10.7. The molecule has 0 spiro atoms. The number of carbonyl (C=O) groups excluding carboxylic acids is 1. The monoisotopic (exact) mass is 463 g/mol. The minimum atomic E-state index is -3.79. The minimum Gasteiger partial charge on any atom is -0.336 e. The van der Waals surface area contributed by atoms with Crippen LogP contribution in [-0.2, 0) is 16.6 Å². The van der Waals surface area contributed by atoms with Crippen molar-refractivity contribution in [1.82, 2.24) is 19.0 Å². The third-order valence-corrected chi connectivity index (χ3v) is 7.74. The number of piperazine rings is 1. The van der Waals surface area contributed by atoms with E-state index in [1.165, 1.54) is 16.4 Å². The van der Waals surface area contributed by atoms with Gasteiger partial charge in [-0.3, -0.25) is 9.48 Å². The van der Waals surface area contributed by atoms with Gasteiger partial charge in [0.05, 0.1) is 22.7 Å². The molecule has 2 aromatic carbocycles. The second-order valence-corrected chi connectivity index (χ2v) is 9.99. The fraction of sp³-hybridized carbons (Fsp3) is 0.292. The second-order valence-electron chi connectivity index (χ2n) is 8.09. The summed E-state index contributed by atoms with van der Waals surface area (Å²) in [7, 11) is -3.79. The van der Waals surface area contributed by atoms with Crippen LogP contribution in [0.5, 0.6) is 0 Å². The van der Waals surface area contributed by atoms with E-state index in [0.717, 1.165) is 17.0 Å². The topological polar surface area (TPSA) is 99.3 Å². The predicted octanol–water partition coefficient (Wildman–Crippen LogP) is 2.57. The number of nitrogens with zero attached hydrogens (tertiary/aromatic N) is 5. The van der Waals surface area contributed by atoms with E-state index in [1.54, 1.807) is 29.2 Å². The Kier molecular flexibility index (Phi) is 6.31. The van der Waals surface area contributed by atoms with E-state index in [1.807, 2.05) is 42.8 Å². The van der Waals surface area contributed by atoms with Gasteiger partial charge in [-0.05, 0) is 49.7 Å². The molecule has 33 heavy (non-hydrogen) atoms. The Morgan fingerprint density at radius 3 is 2.30 bits per heavy atom. The summed E-state index contributed by atoms with van der Waals surface area (Å²) in [6.07, 6.45) is 0. The zero-order chi connectivity index (χ0) is 23.6. The lowest BCUT2D eigenvalue weighted by atomic mass is 10.1. The normalized spacial score (nSPS) is 14.8. The van der Waals surface area contributed by atoms with Gasteiger partial charge in [0.25, 0.3) is 5.91 Å². The van der Waals surface area contributed by atoms with Crippen LogP contribution in [0.2, 0.25) is 0 Å². The molecule has 0 radical (unpaired) electrons. The Balaban J connectivity index is 1.40. The first kappa shape index (κ1) is 22.7. The fourth-order valence-electron chi connectivity index (χ4n) is 4.00. The van der Waals surface area contributed by atoms with Gasteiger partial charge in [0, 0.05) is 37.4 Å². The van der Waals surface area contributed by atoms with Crippen molar-refractivity contribution in [2.45, 2.75) is 25.3 Å². The number of carbonyl (C=O) groups is 1. The first-order valence-corrected chi connectivity index (χ1v) is 12.1. The van der Waals surface area contributed by atoms with E-state index < -0.39 is 10.0 Å². The minimum absolute atomic E-state index is 0.00507. The Hall–Kier alpha value is -3.48. The zero-order valence-corrected chi connectivity index (χ0v) is 19.4. The third-order valence-electron chi connectivity index (χ3n) is 5.79. The molecule has 0 atom stereocenters.